The molecule has 0 aliphatic heterocycles. The predicted octanol–water partition coefficient (Wildman–Crippen LogP) is 1.05. The lowest BCUT2D eigenvalue weighted by atomic mass is 10.2. The minimum Gasteiger partial charge on any atom is -0.478 e. The number of hydrogen-bond acceptors (Lipinski definition) is 4. The van der Waals surface area contributed by atoms with E-state index in [1.54, 1.807) is 0 Å². The molecule has 1 rings (SSSR count). The van der Waals surface area contributed by atoms with E-state index in [4.69, 9.17) is 10.2 Å². The fourth-order valence-corrected chi connectivity index (χ4v) is 2.94. The Bertz CT molecular complexity index is 555. The molecule has 0 saturated heterocycles. The van der Waals surface area contributed by atoms with Gasteiger partial charge in [0.05, 0.1) is 17.9 Å². The van der Waals surface area contributed by atoms with Crippen LogP contribution in [-0.2, 0) is 9.84 Å². The number of carbonyl (C=O) groups is 1. The lowest BCUT2D eigenvalue weighted by molar-refractivity contribution is 0.0691. The average molecular weight is 327 g/mol. The van der Waals surface area contributed by atoms with Crippen LogP contribution in [0.2, 0.25) is 0 Å². The summed E-state index contributed by atoms with van der Waals surface area (Å²) in [7, 11) is -4.04. The molecule has 8 heteroatoms. The Labute approximate surface area is 105 Å². The monoisotopic (exact) mass is 326 g/mol. The smallest absolute Gasteiger partial charge is 0.338 e. The van der Waals surface area contributed by atoms with Crippen molar-refractivity contribution >= 4 is 31.7 Å². The van der Waals surface area contributed by atoms with Crippen LogP contribution in [0.1, 0.15) is 10.4 Å². The topological polar surface area (TPSA) is 91.7 Å². The number of carboxylic acids is 1. The minimum absolute atomic E-state index is 0.132. The van der Waals surface area contributed by atoms with Crippen LogP contribution in [-0.4, -0.2) is 37.0 Å². The van der Waals surface area contributed by atoms with Gasteiger partial charge in [0, 0.05) is 4.47 Å². The van der Waals surface area contributed by atoms with Gasteiger partial charge in [-0.1, -0.05) is 15.9 Å². The van der Waals surface area contributed by atoms with Gasteiger partial charge in [0.1, 0.15) is 4.90 Å². The summed E-state index contributed by atoms with van der Waals surface area (Å²) < 4.78 is 36.9. The Hall–Kier alpha value is -0.990. The van der Waals surface area contributed by atoms with E-state index in [0.29, 0.717) is 0 Å². The molecule has 0 aromatic heterocycles. The van der Waals surface area contributed by atoms with E-state index in [-0.39, 0.29) is 4.47 Å². The standard InChI is InChI=1S/C9H8BrFO5S/c10-5-3-6(9(13)14)8(11)7(4-5)17(15,16)2-1-12/h3-4,12H,1-2H2,(H,13,14). The maximum atomic E-state index is 13.7. The second-order valence-corrected chi connectivity index (χ2v) is 6.11. The third kappa shape index (κ3) is 3.02. The highest BCUT2D eigenvalue weighted by atomic mass is 79.9. The normalized spacial score (nSPS) is 11.5. The highest BCUT2D eigenvalue weighted by molar-refractivity contribution is 9.10. The summed E-state index contributed by atoms with van der Waals surface area (Å²) in [5.74, 6) is -3.56. The van der Waals surface area contributed by atoms with Crippen molar-refractivity contribution in [2.75, 3.05) is 12.4 Å². The van der Waals surface area contributed by atoms with E-state index in [1.807, 2.05) is 0 Å². The average Bonchev–Trinajstić information content (AvgIpc) is 2.20. The Morgan fingerprint density at radius 3 is 2.47 bits per heavy atom. The fourth-order valence-electron chi connectivity index (χ4n) is 1.18. The summed E-state index contributed by atoms with van der Waals surface area (Å²) in [6, 6.07) is 1.93. The molecule has 2 N–H and O–H groups in total. The SMILES string of the molecule is O=C(O)c1cc(Br)cc(S(=O)(=O)CCO)c1F. The van der Waals surface area contributed by atoms with Crippen LogP contribution in [0.4, 0.5) is 4.39 Å². The zero-order valence-electron chi connectivity index (χ0n) is 8.35. The van der Waals surface area contributed by atoms with Crippen molar-refractivity contribution in [2.45, 2.75) is 4.90 Å². The first-order valence-electron chi connectivity index (χ1n) is 4.35. The molecular formula is C9H8BrFO5S. The van der Waals surface area contributed by atoms with Crippen LogP contribution >= 0.6 is 15.9 Å². The molecule has 0 fully saturated rings. The van der Waals surface area contributed by atoms with E-state index in [9.17, 15) is 17.6 Å². The first kappa shape index (κ1) is 14.1. The molecule has 0 spiro atoms. The van der Waals surface area contributed by atoms with Gasteiger partial charge < -0.3 is 10.2 Å². The number of aliphatic hydroxyl groups is 1. The largest absolute Gasteiger partial charge is 0.478 e. The first-order valence-corrected chi connectivity index (χ1v) is 6.80. The van der Waals surface area contributed by atoms with Crippen molar-refractivity contribution in [3.8, 4) is 0 Å². The number of sulfone groups is 1. The van der Waals surface area contributed by atoms with Crippen molar-refractivity contribution in [1.29, 1.82) is 0 Å². The predicted molar refractivity (Wildman–Crippen MR) is 60.2 cm³/mol. The fraction of sp³-hybridized carbons (Fsp3) is 0.222. The summed E-state index contributed by atoms with van der Waals surface area (Å²) in [6.45, 7) is -0.670. The summed E-state index contributed by atoms with van der Waals surface area (Å²) in [4.78, 5) is 9.97. The molecule has 1 aromatic carbocycles. The molecule has 0 bridgehead atoms. The van der Waals surface area contributed by atoms with Crippen LogP contribution in [0.5, 0.6) is 0 Å². The highest BCUT2D eigenvalue weighted by Crippen LogP contribution is 2.24. The van der Waals surface area contributed by atoms with Gasteiger partial charge in [-0.3, -0.25) is 0 Å². The van der Waals surface area contributed by atoms with Crippen molar-refractivity contribution in [3.05, 3.63) is 28.0 Å². The number of benzene rings is 1. The van der Waals surface area contributed by atoms with Crippen LogP contribution in [0.3, 0.4) is 0 Å². The van der Waals surface area contributed by atoms with Crippen molar-refractivity contribution in [2.24, 2.45) is 0 Å². The van der Waals surface area contributed by atoms with Crippen LogP contribution in [0.25, 0.3) is 0 Å². The molecule has 0 aliphatic carbocycles. The molecular weight excluding hydrogens is 319 g/mol. The minimum atomic E-state index is -4.04. The van der Waals surface area contributed by atoms with Gasteiger partial charge in [0.25, 0.3) is 0 Å². The molecule has 0 unspecified atom stereocenters. The third-order valence-corrected chi connectivity index (χ3v) is 4.07. The van der Waals surface area contributed by atoms with Crippen LogP contribution in [0.15, 0.2) is 21.5 Å². The molecule has 0 amide bonds. The number of halogens is 2. The van der Waals surface area contributed by atoms with Gasteiger partial charge in [-0.15, -0.1) is 0 Å². The zero-order valence-corrected chi connectivity index (χ0v) is 10.8. The Morgan fingerprint density at radius 2 is 2.00 bits per heavy atom. The lowest BCUT2D eigenvalue weighted by Gasteiger charge is -2.07. The maximum absolute atomic E-state index is 13.7. The highest BCUT2D eigenvalue weighted by Gasteiger charge is 2.24. The van der Waals surface area contributed by atoms with E-state index < -0.39 is 44.4 Å². The van der Waals surface area contributed by atoms with Crippen molar-refractivity contribution in [1.82, 2.24) is 0 Å². The zero-order chi connectivity index (χ0) is 13.2. The molecule has 94 valence electrons. The summed E-state index contributed by atoms with van der Waals surface area (Å²) in [5, 5.41) is 17.3. The van der Waals surface area contributed by atoms with Gasteiger partial charge in [-0.2, -0.15) is 0 Å². The number of rotatable bonds is 4. The van der Waals surface area contributed by atoms with Gasteiger partial charge in [-0.25, -0.2) is 17.6 Å². The summed E-state index contributed by atoms with van der Waals surface area (Å²) in [5.41, 5.74) is -0.740. The van der Waals surface area contributed by atoms with Gasteiger partial charge in [0.2, 0.25) is 0 Å². The van der Waals surface area contributed by atoms with E-state index >= 15 is 0 Å². The van der Waals surface area contributed by atoms with E-state index in [1.165, 1.54) is 0 Å². The molecule has 0 atom stereocenters. The number of carboxylic acid groups (broad SMARTS) is 1. The Morgan fingerprint density at radius 1 is 1.41 bits per heavy atom. The molecule has 1 aromatic rings. The first-order chi connectivity index (χ1) is 7.79. The van der Waals surface area contributed by atoms with Gasteiger partial charge in [-0.05, 0) is 12.1 Å². The molecule has 0 radical (unpaired) electrons. The van der Waals surface area contributed by atoms with Gasteiger partial charge >= 0.3 is 5.97 Å². The van der Waals surface area contributed by atoms with E-state index in [0.717, 1.165) is 12.1 Å². The van der Waals surface area contributed by atoms with Crippen molar-refractivity contribution in [3.63, 3.8) is 0 Å². The number of hydrogen-bond donors (Lipinski definition) is 2. The second-order valence-electron chi connectivity index (χ2n) is 3.11. The van der Waals surface area contributed by atoms with Crippen molar-refractivity contribution < 1.29 is 27.8 Å². The maximum Gasteiger partial charge on any atom is 0.338 e. The molecule has 0 saturated carbocycles. The number of aromatic carboxylic acids is 1. The molecule has 5 nitrogen and oxygen atoms in total. The van der Waals surface area contributed by atoms with Gasteiger partial charge in [0.15, 0.2) is 15.7 Å². The van der Waals surface area contributed by atoms with Crippen LogP contribution in [0, 0.1) is 5.82 Å². The molecule has 0 heterocycles. The molecule has 0 aliphatic rings. The summed E-state index contributed by atoms with van der Waals surface area (Å²) >= 11 is 2.90. The summed E-state index contributed by atoms with van der Waals surface area (Å²) in [6.07, 6.45) is 0. The Kier molecular flexibility index (Phi) is 4.23. The third-order valence-electron chi connectivity index (χ3n) is 1.93. The van der Waals surface area contributed by atoms with E-state index in [2.05, 4.69) is 15.9 Å². The Balaban J connectivity index is 3.50. The quantitative estimate of drug-likeness (QED) is 0.863. The number of aliphatic hydroxyl groups excluding tert-OH is 1. The molecule has 17 heavy (non-hydrogen) atoms. The second kappa shape index (κ2) is 5.11. The van der Waals surface area contributed by atoms with Crippen LogP contribution < -0.4 is 0 Å². The lowest BCUT2D eigenvalue weighted by Crippen LogP contribution is -2.14.